The van der Waals surface area contributed by atoms with E-state index in [9.17, 15) is 9.90 Å². The topological polar surface area (TPSA) is 61.8 Å². The number of methoxy groups -OCH3 is 1. The summed E-state index contributed by atoms with van der Waals surface area (Å²) >= 11 is 0. The molecule has 0 aromatic heterocycles. The Balaban J connectivity index is 1.62. The third-order valence-electron chi connectivity index (χ3n) is 5.57. The molecule has 1 amide bonds. The predicted octanol–water partition coefficient (Wildman–Crippen LogP) is 2.12. The fourth-order valence-electron chi connectivity index (χ4n) is 4.24. The van der Waals surface area contributed by atoms with Crippen molar-refractivity contribution in [2.45, 2.75) is 63.1 Å². The molecule has 5 nitrogen and oxygen atoms in total. The Morgan fingerprint density at radius 2 is 1.92 bits per heavy atom. The van der Waals surface area contributed by atoms with Crippen LogP contribution in [0.3, 0.4) is 0 Å². The lowest BCUT2D eigenvalue weighted by molar-refractivity contribution is -0.122. The van der Waals surface area contributed by atoms with E-state index in [0.29, 0.717) is 0 Å². The minimum Gasteiger partial charge on any atom is -0.496 e. The smallest absolute Gasteiger partial charge is 0.224 e. The van der Waals surface area contributed by atoms with Gasteiger partial charge in [-0.2, -0.15) is 0 Å². The van der Waals surface area contributed by atoms with Gasteiger partial charge >= 0.3 is 0 Å². The van der Waals surface area contributed by atoms with Crippen LogP contribution in [0.25, 0.3) is 0 Å². The molecule has 1 saturated heterocycles. The van der Waals surface area contributed by atoms with Crippen LogP contribution in [0.2, 0.25) is 0 Å². The molecule has 5 heteroatoms. The second kappa shape index (κ2) is 8.68. The Morgan fingerprint density at radius 1 is 1.20 bits per heavy atom. The zero-order valence-electron chi connectivity index (χ0n) is 15.1. The van der Waals surface area contributed by atoms with Gasteiger partial charge in [0.1, 0.15) is 5.75 Å². The van der Waals surface area contributed by atoms with Crippen molar-refractivity contribution in [3.05, 3.63) is 29.8 Å². The summed E-state index contributed by atoms with van der Waals surface area (Å²) in [5, 5.41) is 14.0. The number of hydrogen-bond acceptors (Lipinski definition) is 4. The van der Waals surface area contributed by atoms with Crippen molar-refractivity contribution >= 4 is 5.91 Å². The standard InChI is InChI=1S/C20H30N2O3/c1-25-18-11-5-2-8-15(18)14-19(23)21-16-9-3-4-10-17(20(16)24)22-12-6-7-13-22/h2,5,8,11,16-17,20,24H,3-4,6-7,9-10,12-14H2,1H3,(H,21,23)/t16-,17-,20-/m1/s1. The normalized spacial score (nSPS) is 27.7. The fourth-order valence-corrected chi connectivity index (χ4v) is 4.24. The van der Waals surface area contributed by atoms with Gasteiger partial charge in [0.2, 0.25) is 5.91 Å². The van der Waals surface area contributed by atoms with E-state index in [-0.39, 0.29) is 24.4 Å². The van der Waals surface area contributed by atoms with Crippen LogP contribution in [-0.4, -0.2) is 54.3 Å². The molecule has 138 valence electrons. The number of carbonyl (C=O) groups excluding carboxylic acids is 1. The van der Waals surface area contributed by atoms with Gasteiger partial charge in [-0.25, -0.2) is 0 Å². The molecule has 25 heavy (non-hydrogen) atoms. The first kappa shape index (κ1) is 18.2. The predicted molar refractivity (Wildman–Crippen MR) is 97.7 cm³/mol. The van der Waals surface area contributed by atoms with E-state index in [1.807, 2.05) is 24.3 Å². The number of ether oxygens (including phenoxy) is 1. The number of aliphatic hydroxyl groups excluding tert-OH is 1. The highest BCUT2D eigenvalue weighted by Crippen LogP contribution is 2.26. The van der Waals surface area contributed by atoms with Crippen LogP contribution in [0.15, 0.2) is 24.3 Å². The van der Waals surface area contributed by atoms with Crippen molar-refractivity contribution in [3.63, 3.8) is 0 Å². The van der Waals surface area contributed by atoms with Crippen molar-refractivity contribution in [2.75, 3.05) is 20.2 Å². The average molecular weight is 346 g/mol. The van der Waals surface area contributed by atoms with E-state index >= 15 is 0 Å². The molecule has 1 aromatic rings. The van der Waals surface area contributed by atoms with Crippen molar-refractivity contribution in [1.82, 2.24) is 10.2 Å². The molecule has 0 bridgehead atoms. The fraction of sp³-hybridized carbons (Fsp3) is 0.650. The lowest BCUT2D eigenvalue weighted by Crippen LogP contribution is -2.52. The molecular weight excluding hydrogens is 316 g/mol. The Hall–Kier alpha value is -1.59. The summed E-state index contributed by atoms with van der Waals surface area (Å²) in [5.74, 6) is 0.685. The van der Waals surface area contributed by atoms with Gasteiger partial charge in [0.15, 0.2) is 0 Å². The van der Waals surface area contributed by atoms with Crippen molar-refractivity contribution in [2.24, 2.45) is 0 Å². The van der Waals surface area contributed by atoms with E-state index in [4.69, 9.17) is 4.74 Å². The minimum atomic E-state index is -0.484. The zero-order chi connectivity index (χ0) is 17.6. The Morgan fingerprint density at radius 3 is 2.68 bits per heavy atom. The summed E-state index contributed by atoms with van der Waals surface area (Å²) in [4.78, 5) is 15.0. The van der Waals surface area contributed by atoms with Crippen LogP contribution < -0.4 is 10.1 Å². The van der Waals surface area contributed by atoms with Gasteiger partial charge < -0.3 is 15.2 Å². The molecule has 1 aliphatic heterocycles. The third kappa shape index (κ3) is 4.53. The molecule has 1 heterocycles. The Bertz CT molecular complexity index is 572. The van der Waals surface area contributed by atoms with Crippen LogP contribution in [0.1, 0.15) is 44.1 Å². The van der Waals surface area contributed by atoms with Gasteiger partial charge in [-0.15, -0.1) is 0 Å². The summed E-state index contributed by atoms with van der Waals surface area (Å²) in [5.41, 5.74) is 0.877. The van der Waals surface area contributed by atoms with Gasteiger partial charge in [0.25, 0.3) is 0 Å². The number of hydrogen-bond donors (Lipinski definition) is 2. The number of likely N-dealkylation sites (tertiary alicyclic amines) is 1. The molecule has 2 N–H and O–H groups in total. The third-order valence-corrected chi connectivity index (χ3v) is 5.57. The first-order valence-electron chi connectivity index (χ1n) is 9.52. The average Bonchev–Trinajstić information content (AvgIpc) is 3.09. The first-order valence-corrected chi connectivity index (χ1v) is 9.52. The molecule has 2 fully saturated rings. The number of benzene rings is 1. The van der Waals surface area contributed by atoms with Crippen LogP contribution in [0, 0.1) is 0 Å². The molecule has 0 spiro atoms. The number of amides is 1. The van der Waals surface area contributed by atoms with Crippen LogP contribution in [-0.2, 0) is 11.2 Å². The number of nitrogens with one attached hydrogen (secondary N) is 1. The highest BCUT2D eigenvalue weighted by atomic mass is 16.5. The summed E-state index contributed by atoms with van der Waals surface area (Å²) in [6.45, 7) is 2.15. The molecule has 1 saturated carbocycles. The molecule has 3 atom stereocenters. The number of rotatable bonds is 5. The highest BCUT2D eigenvalue weighted by Gasteiger charge is 2.35. The lowest BCUT2D eigenvalue weighted by atomic mass is 10.00. The highest BCUT2D eigenvalue weighted by molar-refractivity contribution is 5.79. The van der Waals surface area contributed by atoms with Crippen molar-refractivity contribution < 1.29 is 14.6 Å². The summed E-state index contributed by atoms with van der Waals surface area (Å²) in [6, 6.07) is 7.61. The maximum Gasteiger partial charge on any atom is 0.224 e. The number of para-hydroxylation sites is 1. The van der Waals surface area contributed by atoms with E-state index < -0.39 is 6.10 Å². The van der Waals surface area contributed by atoms with Gasteiger partial charge in [-0.1, -0.05) is 31.0 Å². The summed E-state index contributed by atoms with van der Waals surface area (Å²) in [6.07, 6.45) is 6.28. The minimum absolute atomic E-state index is 0.0457. The SMILES string of the molecule is COc1ccccc1CC(=O)N[C@@H]1CCCC[C@@H](N2CCCC2)[C@@H]1O. The first-order chi connectivity index (χ1) is 12.2. The van der Waals surface area contributed by atoms with Crippen molar-refractivity contribution in [3.8, 4) is 5.75 Å². The van der Waals surface area contributed by atoms with Gasteiger partial charge in [0, 0.05) is 11.6 Å². The molecule has 1 aliphatic carbocycles. The molecule has 0 radical (unpaired) electrons. The second-order valence-corrected chi connectivity index (χ2v) is 7.25. The van der Waals surface area contributed by atoms with Crippen LogP contribution >= 0.6 is 0 Å². The Labute approximate surface area is 150 Å². The molecule has 3 rings (SSSR count). The maximum absolute atomic E-state index is 12.5. The van der Waals surface area contributed by atoms with Gasteiger partial charge in [0.05, 0.1) is 25.7 Å². The number of carbonyl (C=O) groups is 1. The monoisotopic (exact) mass is 346 g/mol. The molecular formula is C20H30N2O3. The van der Waals surface area contributed by atoms with E-state index in [1.165, 1.54) is 12.8 Å². The second-order valence-electron chi connectivity index (χ2n) is 7.25. The van der Waals surface area contributed by atoms with Crippen LogP contribution in [0.5, 0.6) is 5.75 Å². The largest absolute Gasteiger partial charge is 0.496 e. The van der Waals surface area contributed by atoms with Crippen molar-refractivity contribution in [1.29, 1.82) is 0 Å². The molecule has 2 aliphatic rings. The molecule has 0 unspecified atom stereocenters. The van der Waals surface area contributed by atoms with E-state index in [0.717, 1.165) is 50.1 Å². The number of aliphatic hydroxyl groups is 1. The lowest BCUT2D eigenvalue weighted by Gasteiger charge is -2.34. The quantitative estimate of drug-likeness (QED) is 0.802. The Kier molecular flexibility index (Phi) is 6.32. The van der Waals surface area contributed by atoms with E-state index in [1.54, 1.807) is 7.11 Å². The van der Waals surface area contributed by atoms with Gasteiger partial charge in [-0.3, -0.25) is 9.69 Å². The molecule has 1 aromatic carbocycles. The van der Waals surface area contributed by atoms with E-state index in [2.05, 4.69) is 10.2 Å². The zero-order valence-corrected chi connectivity index (χ0v) is 15.1. The van der Waals surface area contributed by atoms with Crippen LogP contribution in [0.4, 0.5) is 0 Å². The maximum atomic E-state index is 12.5. The summed E-state index contributed by atoms with van der Waals surface area (Å²) in [7, 11) is 1.62. The van der Waals surface area contributed by atoms with Gasteiger partial charge in [-0.05, 0) is 44.8 Å². The summed E-state index contributed by atoms with van der Waals surface area (Å²) < 4.78 is 5.33. The number of nitrogens with zero attached hydrogens (tertiary/aromatic N) is 1.